The van der Waals surface area contributed by atoms with Crippen molar-refractivity contribution in [2.45, 2.75) is 20.0 Å². The summed E-state index contributed by atoms with van der Waals surface area (Å²) in [5.41, 5.74) is 0.847. The van der Waals surface area contributed by atoms with Gasteiger partial charge in [-0.1, -0.05) is 18.2 Å². The molecule has 0 radical (unpaired) electrons. The summed E-state index contributed by atoms with van der Waals surface area (Å²) in [7, 11) is 3.20. The molecule has 0 unspecified atom stereocenters. The van der Waals surface area contributed by atoms with Crippen LogP contribution in [0.25, 0.3) is 11.5 Å². The van der Waals surface area contributed by atoms with Crippen LogP contribution in [0.2, 0.25) is 0 Å². The maximum absolute atomic E-state index is 12.1. The first-order valence-electron chi connectivity index (χ1n) is 6.85. The lowest BCUT2D eigenvalue weighted by Crippen LogP contribution is -2.35. The number of amides is 1. The van der Waals surface area contributed by atoms with Crippen LogP contribution in [0.3, 0.4) is 0 Å². The molecule has 0 N–H and O–H groups in total. The van der Waals surface area contributed by atoms with E-state index in [9.17, 15) is 9.59 Å². The van der Waals surface area contributed by atoms with Crippen molar-refractivity contribution in [2.24, 2.45) is 0 Å². The highest BCUT2D eigenvalue weighted by Crippen LogP contribution is 2.22. The molecule has 2 rings (SSSR count). The standard InChI is InChI=1S/C16H18N2O4/c1-10-13(16(20)22-11(2)15(19)18(3)4)17-14(21-10)12-8-6-5-7-9-12/h5-9,11H,1-4H3/t11-/m0/s1. The lowest BCUT2D eigenvalue weighted by Gasteiger charge is -2.16. The second kappa shape index (κ2) is 6.43. The average Bonchev–Trinajstić information content (AvgIpc) is 2.89. The Kier molecular flexibility index (Phi) is 4.60. The molecule has 0 aliphatic rings. The van der Waals surface area contributed by atoms with E-state index in [1.807, 2.05) is 30.3 Å². The Morgan fingerprint density at radius 1 is 1.23 bits per heavy atom. The highest BCUT2D eigenvalue weighted by molar-refractivity contribution is 5.91. The van der Waals surface area contributed by atoms with Crippen LogP contribution in [0.5, 0.6) is 0 Å². The molecule has 0 aliphatic carbocycles. The minimum atomic E-state index is -0.876. The third-order valence-corrected chi connectivity index (χ3v) is 3.08. The summed E-state index contributed by atoms with van der Waals surface area (Å²) < 4.78 is 10.6. The number of carbonyl (C=O) groups excluding carboxylic acids is 2. The lowest BCUT2D eigenvalue weighted by molar-refractivity contribution is -0.137. The summed E-state index contributed by atoms with van der Waals surface area (Å²) in [6.07, 6.45) is -0.876. The molecule has 6 heteroatoms. The third kappa shape index (κ3) is 3.33. The Morgan fingerprint density at radius 2 is 1.86 bits per heavy atom. The molecule has 1 heterocycles. The molecule has 0 aliphatic heterocycles. The van der Waals surface area contributed by atoms with Crippen LogP contribution in [-0.4, -0.2) is 42.0 Å². The van der Waals surface area contributed by atoms with Crippen LogP contribution in [0, 0.1) is 6.92 Å². The highest BCUT2D eigenvalue weighted by atomic mass is 16.5. The first-order chi connectivity index (χ1) is 10.4. The number of esters is 1. The number of nitrogens with zero attached hydrogens (tertiary/aromatic N) is 2. The fraction of sp³-hybridized carbons (Fsp3) is 0.312. The molecule has 2 aromatic rings. The van der Waals surface area contributed by atoms with Crippen molar-refractivity contribution < 1.29 is 18.7 Å². The summed E-state index contributed by atoms with van der Waals surface area (Å²) in [6, 6.07) is 9.25. The molecule has 1 aromatic carbocycles. The van der Waals surface area contributed by atoms with Crippen LogP contribution in [0.4, 0.5) is 0 Å². The van der Waals surface area contributed by atoms with Gasteiger partial charge in [0.25, 0.3) is 5.91 Å². The van der Waals surface area contributed by atoms with Gasteiger partial charge in [0, 0.05) is 19.7 Å². The molecule has 0 saturated carbocycles. The second-order valence-corrected chi connectivity index (χ2v) is 5.07. The number of benzene rings is 1. The number of likely N-dealkylation sites (N-methyl/N-ethyl adjacent to an activating group) is 1. The lowest BCUT2D eigenvalue weighted by atomic mass is 10.2. The molecule has 0 bridgehead atoms. The molecular formula is C16H18N2O4. The van der Waals surface area contributed by atoms with E-state index >= 15 is 0 Å². The van der Waals surface area contributed by atoms with Crippen molar-refractivity contribution in [2.75, 3.05) is 14.1 Å². The van der Waals surface area contributed by atoms with Crippen LogP contribution in [0.1, 0.15) is 23.2 Å². The zero-order chi connectivity index (χ0) is 16.3. The summed E-state index contributed by atoms with van der Waals surface area (Å²) in [6.45, 7) is 3.15. The van der Waals surface area contributed by atoms with Gasteiger partial charge in [-0.25, -0.2) is 9.78 Å². The van der Waals surface area contributed by atoms with Gasteiger partial charge in [-0.05, 0) is 26.0 Å². The van der Waals surface area contributed by atoms with Crippen LogP contribution < -0.4 is 0 Å². The number of aryl methyl sites for hydroxylation is 1. The van der Waals surface area contributed by atoms with Gasteiger partial charge in [-0.3, -0.25) is 4.79 Å². The first-order valence-corrected chi connectivity index (χ1v) is 6.85. The van der Waals surface area contributed by atoms with Crippen molar-refractivity contribution in [1.29, 1.82) is 0 Å². The highest BCUT2D eigenvalue weighted by Gasteiger charge is 2.24. The van der Waals surface area contributed by atoms with Crippen molar-refractivity contribution >= 4 is 11.9 Å². The van der Waals surface area contributed by atoms with Gasteiger partial charge in [0.05, 0.1) is 0 Å². The van der Waals surface area contributed by atoms with Crippen molar-refractivity contribution in [3.05, 3.63) is 41.8 Å². The van der Waals surface area contributed by atoms with Gasteiger partial charge in [-0.2, -0.15) is 0 Å². The van der Waals surface area contributed by atoms with E-state index in [2.05, 4.69) is 4.98 Å². The summed E-state index contributed by atoms with van der Waals surface area (Å²) in [4.78, 5) is 29.4. The number of hydrogen-bond acceptors (Lipinski definition) is 5. The predicted molar refractivity (Wildman–Crippen MR) is 80.2 cm³/mol. The zero-order valence-electron chi connectivity index (χ0n) is 13.0. The molecule has 22 heavy (non-hydrogen) atoms. The molecule has 0 saturated heterocycles. The summed E-state index contributed by atoms with van der Waals surface area (Å²) in [5.74, 6) is -0.270. The van der Waals surface area contributed by atoms with Crippen molar-refractivity contribution in [1.82, 2.24) is 9.88 Å². The maximum atomic E-state index is 12.1. The molecule has 6 nitrogen and oxygen atoms in total. The van der Waals surface area contributed by atoms with Crippen LogP contribution in [-0.2, 0) is 9.53 Å². The van der Waals surface area contributed by atoms with E-state index < -0.39 is 12.1 Å². The topological polar surface area (TPSA) is 72.6 Å². The van der Waals surface area contributed by atoms with E-state index in [-0.39, 0.29) is 11.6 Å². The molecule has 1 amide bonds. The van der Waals surface area contributed by atoms with Crippen LogP contribution in [0.15, 0.2) is 34.7 Å². The van der Waals surface area contributed by atoms with Gasteiger partial charge in [0.15, 0.2) is 11.8 Å². The van der Waals surface area contributed by atoms with Gasteiger partial charge in [0.1, 0.15) is 5.76 Å². The quantitative estimate of drug-likeness (QED) is 0.810. The number of ether oxygens (including phenoxy) is 1. The van der Waals surface area contributed by atoms with Gasteiger partial charge in [0.2, 0.25) is 5.89 Å². The number of carbonyl (C=O) groups is 2. The maximum Gasteiger partial charge on any atom is 0.361 e. The fourth-order valence-electron chi connectivity index (χ4n) is 1.92. The third-order valence-electron chi connectivity index (χ3n) is 3.08. The smallest absolute Gasteiger partial charge is 0.361 e. The Hall–Kier alpha value is -2.63. The Labute approximate surface area is 128 Å². The Bertz CT molecular complexity index is 677. The molecule has 0 fully saturated rings. The molecular weight excluding hydrogens is 284 g/mol. The number of aromatic nitrogens is 1. The van der Waals surface area contributed by atoms with E-state index in [1.165, 1.54) is 11.8 Å². The number of oxazole rings is 1. The second-order valence-electron chi connectivity index (χ2n) is 5.07. The summed E-state index contributed by atoms with van der Waals surface area (Å²) in [5, 5.41) is 0. The van der Waals surface area contributed by atoms with E-state index in [4.69, 9.17) is 9.15 Å². The van der Waals surface area contributed by atoms with Gasteiger partial charge in [-0.15, -0.1) is 0 Å². The van der Waals surface area contributed by atoms with Crippen LogP contribution >= 0.6 is 0 Å². The minimum absolute atomic E-state index is 0.0808. The van der Waals surface area contributed by atoms with E-state index in [0.717, 1.165) is 5.56 Å². The first kappa shape index (κ1) is 15.8. The number of rotatable bonds is 4. The normalized spacial score (nSPS) is 11.8. The monoisotopic (exact) mass is 302 g/mol. The molecule has 1 atom stereocenters. The van der Waals surface area contributed by atoms with Gasteiger partial charge >= 0.3 is 5.97 Å². The minimum Gasteiger partial charge on any atom is -0.448 e. The van der Waals surface area contributed by atoms with E-state index in [1.54, 1.807) is 21.0 Å². The molecule has 0 spiro atoms. The summed E-state index contributed by atoms with van der Waals surface area (Å²) >= 11 is 0. The van der Waals surface area contributed by atoms with E-state index in [0.29, 0.717) is 11.7 Å². The fourth-order valence-corrected chi connectivity index (χ4v) is 1.92. The SMILES string of the molecule is Cc1oc(-c2ccccc2)nc1C(=O)O[C@@H](C)C(=O)N(C)C. The predicted octanol–water partition coefficient (Wildman–Crippen LogP) is 2.28. The Morgan fingerprint density at radius 3 is 2.45 bits per heavy atom. The average molecular weight is 302 g/mol. The zero-order valence-corrected chi connectivity index (χ0v) is 13.0. The van der Waals surface area contributed by atoms with Gasteiger partial charge < -0.3 is 14.1 Å². The molecule has 116 valence electrons. The number of hydrogen-bond donors (Lipinski definition) is 0. The van der Waals surface area contributed by atoms with Crippen molar-refractivity contribution in [3.63, 3.8) is 0 Å². The largest absolute Gasteiger partial charge is 0.448 e. The Balaban J connectivity index is 2.18. The molecule has 1 aromatic heterocycles. The van der Waals surface area contributed by atoms with Crippen molar-refractivity contribution in [3.8, 4) is 11.5 Å².